The van der Waals surface area contributed by atoms with E-state index in [0.717, 1.165) is 37.5 Å². The largest absolute Gasteiger partial charge is 0.458 e. The van der Waals surface area contributed by atoms with E-state index in [1.165, 1.54) is 0 Å². The van der Waals surface area contributed by atoms with Crippen molar-refractivity contribution >= 4 is 17.3 Å². The van der Waals surface area contributed by atoms with Gasteiger partial charge < -0.3 is 4.74 Å². The monoisotopic (exact) mass is 334 g/mol. The van der Waals surface area contributed by atoms with Crippen LogP contribution in [0.1, 0.15) is 43.5 Å². The molecule has 1 aromatic carbocycles. The lowest BCUT2D eigenvalue weighted by Gasteiger charge is -2.59. The second-order valence-corrected chi connectivity index (χ2v) is 7.10. The molecule has 4 rings (SSSR count). The molecule has 0 unspecified atom stereocenters. The zero-order chi connectivity index (χ0) is 17.6. The van der Waals surface area contributed by atoms with E-state index in [-0.39, 0.29) is 23.0 Å². The van der Waals surface area contributed by atoms with Gasteiger partial charge in [-0.05, 0) is 36.7 Å². The number of carbonyl (C=O) groups excluding carboxylic acids is 1. The van der Waals surface area contributed by atoms with Crippen LogP contribution in [-0.2, 0) is 4.74 Å². The van der Waals surface area contributed by atoms with E-state index in [9.17, 15) is 25.0 Å². The summed E-state index contributed by atoms with van der Waals surface area (Å²) in [6.45, 7) is 4.31. The number of non-ortho nitro benzene ring substituents is 1. The van der Waals surface area contributed by atoms with Gasteiger partial charge in [-0.2, -0.15) is 0 Å². The fourth-order valence-electron chi connectivity index (χ4n) is 4.04. The summed E-state index contributed by atoms with van der Waals surface area (Å²) in [5.41, 5.74) is -1.16. The fourth-order valence-corrected chi connectivity index (χ4v) is 4.04. The highest BCUT2D eigenvalue weighted by molar-refractivity contribution is 5.94. The molecule has 2 bridgehead atoms. The number of hydrogen-bond acceptors (Lipinski definition) is 6. The molecular formula is C16H18N2O6. The van der Waals surface area contributed by atoms with Gasteiger partial charge in [0.2, 0.25) is 0 Å². The molecule has 0 radical (unpaired) electrons. The van der Waals surface area contributed by atoms with Crippen molar-refractivity contribution in [2.45, 2.75) is 39.2 Å². The molecule has 8 heteroatoms. The predicted octanol–water partition coefficient (Wildman–Crippen LogP) is 3.48. The first kappa shape index (κ1) is 16.4. The van der Waals surface area contributed by atoms with Gasteiger partial charge in [-0.3, -0.25) is 20.2 Å². The third kappa shape index (κ3) is 2.51. The topological polar surface area (TPSA) is 113 Å². The highest BCUT2D eigenvalue weighted by atomic mass is 16.6. The molecule has 0 aliphatic heterocycles. The summed E-state index contributed by atoms with van der Waals surface area (Å²) in [5, 5.41) is 21.9. The Hall–Kier alpha value is -2.51. The lowest BCUT2D eigenvalue weighted by Crippen LogP contribution is -2.55. The van der Waals surface area contributed by atoms with Crippen molar-refractivity contribution in [3.8, 4) is 0 Å². The maximum absolute atomic E-state index is 12.4. The van der Waals surface area contributed by atoms with Crippen LogP contribution in [0.4, 0.5) is 11.4 Å². The van der Waals surface area contributed by atoms with E-state index in [1.807, 2.05) is 0 Å². The zero-order valence-electron chi connectivity index (χ0n) is 13.4. The minimum atomic E-state index is -0.798. The number of esters is 1. The van der Waals surface area contributed by atoms with Gasteiger partial charge in [-0.25, -0.2) is 4.79 Å². The lowest BCUT2D eigenvalue weighted by molar-refractivity contribution is -0.394. The molecule has 128 valence electrons. The average molecular weight is 334 g/mol. The van der Waals surface area contributed by atoms with Crippen molar-refractivity contribution in [2.24, 2.45) is 17.3 Å². The van der Waals surface area contributed by atoms with Gasteiger partial charge in [0, 0.05) is 12.0 Å². The summed E-state index contributed by atoms with van der Waals surface area (Å²) in [6.07, 6.45) is 2.48. The zero-order valence-corrected chi connectivity index (χ0v) is 13.4. The van der Waals surface area contributed by atoms with E-state index in [4.69, 9.17) is 4.74 Å². The maximum Gasteiger partial charge on any atom is 0.345 e. The number of nitro benzene ring substituents is 2. The molecule has 0 heterocycles. The van der Waals surface area contributed by atoms with Crippen molar-refractivity contribution < 1.29 is 19.4 Å². The quantitative estimate of drug-likeness (QED) is 0.473. The molecule has 8 nitrogen and oxygen atoms in total. The fraction of sp³-hybridized carbons (Fsp3) is 0.562. The van der Waals surface area contributed by atoms with Crippen LogP contribution in [-0.4, -0.2) is 21.9 Å². The van der Waals surface area contributed by atoms with Gasteiger partial charge in [-0.1, -0.05) is 13.8 Å². The second-order valence-electron chi connectivity index (χ2n) is 7.10. The Balaban J connectivity index is 1.82. The Morgan fingerprint density at radius 3 is 2.46 bits per heavy atom. The van der Waals surface area contributed by atoms with Crippen LogP contribution in [0.5, 0.6) is 0 Å². The number of carbonyl (C=O) groups is 1. The summed E-state index contributed by atoms with van der Waals surface area (Å²) in [4.78, 5) is 32.8. The molecule has 3 fully saturated rings. The van der Waals surface area contributed by atoms with Crippen LogP contribution in [0.3, 0.4) is 0 Å². The number of hydrogen-bond donors (Lipinski definition) is 0. The molecule has 0 aromatic heterocycles. The second kappa shape index (κ2) is 5.54. The van der Waals surface area contributed by atoms with Crippen molar-refractivity contribution in [1.29, 1.82) is 0 Å². The Kier molecular flexibility index (Phi) is 3.77. The summed E-state index contributed by atoms with van der Waals surface area (Å²) in [6, 6.07) is 2.96. The Bertz CT molecular complexity index is 727. The lowest BCUT2D eigenvalue weighted by atomic mass is 9.48. The smallest absolute Gasteiger partial charge is 0.345 e. The summed E-state index contributed by atoms with van der Waals surface area (Å²) in [5.74, 6) is 0.117. The first-order valence-electron chi connectivity index (χ1n) is 7.85. The number of rotatable bonds is 4. The highest BCUT2D eigenvalue weighted by Crippen LogP contribution is 2.59. The van der Waals surface area contributed by atoms with Gasteiger partial charge in [0.25, 0.3) is 11.4 Å². The minimum absolute atomic E-state index is 0.116. The minimum Gasteiger partial charge on any atom is -0.458 e. The molecule has 3 aliphatic rings. The molecule has 0 saturated heterocycles. The molecule has 3 atom stereocenters. The number of benzene rings is 1. The van der Waals surface area contributed by atoms with Crippen LogP contribution >= 0.6 is 0 Å². The van der Waals surface area contributed by atoms with Crippen molar-refractivity contribution in [3.63, 3.8) is 0 Å². The third-order valence-electron chi connectivity index (χ3n) is 5.66. The number of nitrogens with zero attached hydrogens (tertiary/aromatic N) is 2. The first-order valence-corrected chi connectivity index (χ1v) is 7.85. The molecule has 1 aromatic rings. The SMILES string of the molecule is CC1(C)[C@H]2CC[C@@H](OC(=O)c3ccc([N+](=O)[O-])cc3[N+](=O)[O-])[C@@H]1C2. The molecular weight excluding hydrogens is 316 g/mol. The van der Waals surface area contributed by atoms with Gasteiger partial charge in [0.15, 0.2) is 0 Å². The molecule has 0 spiro atoms. The molecule has 0 N–H and O–H groups in total. The van der Waals surface area contributed by atoms with Crippen molar-refractivity contribution in [1.82, 2.24) is 0 Å². The van der Waals surface area contributed by atoms with Crippen molar-refractivity contribution in [2.75, 3.05) is 0 Å². The number of nitro groups is 2. The standard InChI is InChI=1S/C16H18N2O6/c1-16(2)9-3-6-14(12(16)7-9)24-15(19)11-5-4-10(17(20)21)8-13(11)18(22)23/h4-5,8-9,12,14H,3,6-7H2,1-2H3/t9-,12-,14+/m0/s1. The molecule has 24 heavy (non-hydrogen) atoms. The van der Waals surface area contributed by atoms with E-state index in [2.05, 4.69) is 13.8 Å². The summed E-state index contributed by atoms with van der Waals surface area (Å²) in [7, 11) is 0. The predicted molar refractivity (Wildman–Crippen MR) is 83.6 cm³/mol. The van der Waals surface area contributed by atoms with E-state index in [0.29, 0.717) is 5.92 Å². The normalized spacial score (nSPS) is 27.0. The molecule has 3 aliphatic carbocycles. The van der Waals surface area contributed by atoms with Crippen LogP contribution in [0.2, 0.25) is 0 Å². The van der Waals surface area contributed by atoms with E-state index >= 15 is 0 Å². The van der Waals surface area contributed by atoms with E-state index in [1.54, 1.807) is 0 Å². The van der Waals surface area contributed by atoms with Gasteiger partial charge in [0.1, 0.15) is 11.7 Å². The van der Waals surface area contributed by atoms with Gasteiger partial charge in [0.05, 0.1) is 15.9 Å². The van der Waals surface area contributed by atoms with Gasteiger partial charge >= 0.3 is 5.97 Å². The van der Waals surface area contributed by atoms with Crippen molar-refractivity contribution in [3.05, 3.63) is 44.0 Å². The number of ether oxygens (including phenoxy) is 1. The van der Waals surface area contributed by atoms with Crippen LogP contribution in [0.25, 0.3) is 0 Å². The maximum atomic E-state index is 12.4. The van der Waals surface area contributed by atoms with E-state index < -0.39 is 27.2 Å². The summed E-state index contributed by atoms with van der Waals surface area (Å²) < 4.78 is 5.54. The Morgan fingerprint density at radius 2 is 1.92 bits per heavy atom. The average Bonchev–Trinajstić information content (AvgIpc) is 2.53. The number of fused-ring (bicyclic) bond motifs is 2. The molecule has 3 saturated carbocycles. The Morgan fingerprint density at radius 1 is 1.21 bits per heavy atom. The van der Waals surface area contributed by atoms with Gasteiger partial charge in [-0.15, -0.1) is 0 Å². The molecule has 0 amide bonds. The highest BCUT2D eigenvalue weighted by Gasteiger charge is 2.55. The van der Waals surface area contributed by atoms with Crippen LogP contribution < -0.4 is 0 Å². The van der Waals surface area contributed by atoms with Crippen LogP contribution in [0.15, 0.2) is 18.2 Å². The summed E-state index contributed by atoms with van der Waals surface area (Å²) >= 11 is 0. The van der Waals surface area contributed by atoms with Crippen LogP contribution in [0, 0.1) is 37.5 Å². The first-order chi connectivity index (χ1) is 11.2. The Labute approximate surface area is 138 Å². The third-order valence-corrected chi connectivity index (χ3v) is 5.66.